The molecule has 0 radical (unpaired) electrons. The molecule has 1 aromatic carbocycles. The number of benzene rings is 1. The van der Waals surface area contributed by atoms with Gasteiger partial charge >= 0.3 is 0 Å². The van der Waals surface area contributed by atoms with E-state index in [1.807, 2.05) is 18.2 Å². The lowest BCUT2D eigenvalue weighted by Gasteiger charge is -2.16. The Kier molecular flexibility index (Phi) is 5.54. The number of halogens is 1. The highest BCUT2D eigenvalue weighted by Crippen LogP contribution is 2.18. The SMILES string of the molecule is O=C(Cc1ccncc1)NC[C@H]1CCN(Cc2cccc(F)c2)C1. The zero-order valence-corrected chi connectivity index (χ0v) is 13.6. The predicted molar refractivity (Wildman–Crippen MR) is 90.7 cm³/mol. The summed E-state index contributed by atoms with van der Waals surface area (Å²) in [5.41, 5.74) is 1.97. The lowest BCUT2D eigenvalue weighted by Crippen LogP contribution is -2.32. The first-order valence-corrected chi connectivity index (χ1v) is 8.31. The van der Waals surface area contributed by atoms with Gasteiger partial charge in [0, 0.05) is 32.0 Å². The van der Waals surface area contributed by atoms with Crippen molar-refractivity contribution in [3.63, 3.8) is 0 Å². The fraction of sp³-hybridized carbons (Fsp3) is 0.368. The van der Waals surface area contributed by atoms with E-state index in [-0.39, 0.29) is 11.7 Å². The molecule has 5 heteroatoms. The van der Waals surface area contributed by atoms with Gasteiger partial charge in [0.1, 0.15) is 5.82 Å². The molecular weight excluding hydrogens is 305 g/mol. The highest BCUT2D eigenvalue weighted by molar-refractivity contribution is 5.78. The Morgan fingerprint density at radius 3 is 2.88 bits per heavy atom. The van der Waals surface area contributed by atoms with E-state index in [2.05, 4.69) is 15.2 Å². The zero-order valence-electron chi connectivity index (χ0n) is 13.6. The fourth-order valence-corrected chi connectivity index (χ4v) is 3.12. The second-order valence-corrected chi connectivity index (χ2v) is 6.36. The summed E-state index contributed by atoms with van der Waals surface area (Å²) in [4.78, 5) is 18.3. The van der Waals surface area contributed by atoms with Crippen molar-refractivity contribution in [2.75, 3.05) is 19.6 Å². The molecule has 1 atom stereocenters. The third-order valence-electron chi connectivity index (χ3n) is 4.37. The molecule has 0 bridgehead atoms. The zero-order chi connectivity index (χ0) is 16.8. The van der Waals surface area contributed by atoms with Crippen LogP contribution in [0, 0.1) is 11.7 Å². The van der Waals surface area contributed by atoms with Crippen LogP contribution in [-0.2, 0) is 17.8 Å². The third-order valence-corrected chi connectivity index (χ3v) is 4.37. The summed E-state index contributed by atoms with van der Waals surface area (Å²) < 4.78 is 13.2. The number of likely N-dealkylation sites (tertiary alicyclic amines) is 1. The van der Waals surface area contributed by atoms with Crippen molar-refractivity contribution in [1.82, 2.24) is 15.2 Å². The Morgan fingerprint density at radius 2 is 2.08 bits per heavy atom. The van der Waals surface area contributed by atoms with Gasteiger partial charge in [-0.05, 0) is 54.3 Å². The summed E-state index contributed by atoms with van der Waals surface area (Å²) in [5, 5.41) is 3.02. The number of rotatable bonds is 6. The molecule has 1 amide bonds. The minimum atomic E-state index is -0.188. The summed E-state index contributed by atoms with van der Waals surface area (Å²) in [5.74, 6) is 0.316. The molecule has 0 aliphatic carbocycles. The average molecular weight is 327 g/mol. The van der Waals surface area contributed by atoms with E-state index in [0.29, 0.717) is 18.9 Å². The standard InChI is InChI=1S/C19H22FN3O/c20-18-3-1-2-16(10-18)13-23-9-6-17(14-23)12-22-19(24)11-15-4-7-21-8-5-15/h1-5,7-8,10,17H,6,9,11-14H2,(H,22,24)/t17-/m1/s1. The Bertz CT molecular complexity index is 677. The quantitative estimate of drug-likeness (QED) is 0.886. The number of hydrogen-bond acceptors (Lipinski definition) is 3. The molecule has 0 saturated carbocycles. The van der Waals surface area contributed by atoms with Crippen LogP contribution in [0.2, 0.25) is 0 Å². The van der Waals surface area contributed by atoms with Gasteiger partial charge in [0.2, 0.25) is 5.91 Å². The predicted octanol–water partition coefficient (Wildman–Crippen LogP) is 2.40. The van der Waals surface area contributed by atoms with Gasteiger partial charge in [-0.1, -0.05) is 12.1 Å². The van der Waals surface area contributed by atoms with Gasteiger partial charge in [0.15, 0.2) is 0 Å². The number of hydrogen-bond donors (Lipinski definition) is 1. The smallest absolute Gasteiger partial charge is 0.224 e. The minimum Gasteiger partial charge on any atom is -0.355 e. The van der Waals surface area contributed by atoms with Crippen molar-refractivity contribution in [2.45, 2.75) is 19.4 Å². The Balaban J connectivity index is 1.40. The molecule has 24 heavy (non-hydrogen) atoms. The van der Waals surface area contributed by atoms with Gasteiger partial charge in [-0.3, -0.25) is 14.7 Å². The van der Waals surface area contributed by atoms with Gasteiger partial charge in [-0.15, -0.1) is 0 Å². The number of nitrogens with one attached hydrogen (secondary N) is 1. The van der Waals surface area contributed by atoms with Crippen LogP contribution in [0.25, 0.3) is 0 Å². The van der Waals surface area contributed by atoms with Crippen LogP contribution in [0.15, 0.2) is 48.8 Å². The summed E-state index contributed by atoms with van der Waals surface area (Å²) in [7, 11) is 0. The highest BCUT2D eigenvalue weighted by atomic mass is 19.1. The molecule has 4 nitrogen and oxygen atoms in total. The van der Waals surface area contributed by atoms with Crippen molar-refractivity contribution in [1.29, 1.82) is 0 Å². The second kappa shape index (κ2) is 8.02. The van der Waals surface area contributed by atoms with Crippen molar-refractivity contribution < 1.29 is 9.18 Å². The molecule has 1 aliphatic heterocycles. The Labute approximate surface area is 141 Å². The van der Waals surface area contributed by atoms with E-state index in [1.54, 1.807) is 24.5 Å². The first-order chi connectivity index (χ1) is 11.7. The Hall–Kier alpha value is -2.27. The van der Waals surface area contributed by atoms with Gasteiger partial charge < -0.3 is 5.32 Å². The summed E-state index contributed by atoms with van der Waals surface area (Å²) >= 11 is 0. The Morgan fingerprint density at radius 1 is 1.25 bits per heavy atom. The van der Waals surface area contributed by atoms with Gasteiger partial charge in [-0.25, -0.2) is 4.39 Å². The van der Waals surface area contributed by atoms with Gasteiger partial charge in [0.05, 0.1) is 6.42 Å². The number of carbonyl (C=O) groups is 1. The average Bonchev–Trinajstić information content (AvgIpc) is 3.01. The van der Waals surface area contributed by atoms with Gasteiger partial charge in [0.25, 0.3) is 0 Å². The lowest BCUT2D eigenvalue weighted by molar-refractivity contribution is -0.120. The molecular formula is C19H22FN3O. The maximum atomic E-state index is 13.2. The molecule has 1 fully saturated rings. The number of amides is 1. The van der Waals surface area contributed by atoms with Crippen molar-refractivity contribution >= 4 is 5.91 Å². The van der Waals surface area contributed by atoms with Crippen LogP contribution in [0.4, 0.5) is 4.39 Å². The van der Waals surface area contributed by atoms with Crippen LogP contribution in [0.5, 0.6) is 0 Å². The largest absolute Gasteiger partial charge is 0.355 e. The molecule has 126 valence electrons. The van der Waals surface area contributed by atoms with E-state index in [0.717, 1.165) is 37.2 Å². The first kappa shape index (κ1) is 16.6. The number of aromatic nitrogens is 1. The van der Waals surface area contributed by atoms with E-state index in [1.165, 1.54) is 6.07 Å². The number of nitrogens with zero attached hydrogens (tertiary/aromatic N) is 2. The molecule has 0 spiro atoms. The minimum absolute atomic E-state index is 0.0461. The molecule has 1 aliphatic rings. The lowest BCUT2D eigenvalue weighted by atomic mass is 10.1. The maximum Gasteiger partial charge on any atom is 0.224 e. The monoisotopic (exact) mass is 327 g/mol. The summed E-state index contributed by atoms with van der Waals surface area (Å²) in [6.07, 6.45) is 4.85. The topological polar surface area (TPSA) is 45.2 Å². The van der Waals surface area contributed by atoms with E-state index < -0.39 is 0 Å². The van der Waals surface area contributed by atoms with E-state index in [9.17, 15) is 9.18 Å². The van der Waals surface area contributed by atoms with Crippen LogP contribution < -0.4 is 5.32 Å². The second-order valence-electron chi connectivity index (χ2n) is 6.36. The molecule has 2 aromatic rings. The van der Waals surface area contributed by atoms with Crippen molar-refractivity contribution in [2.24, 2.45) is 5.92 Å². The van der Waals surface area contributed by atoms with Crippen LogP contribution in [0.3, 0.4) is 0 Å². The van der Waals surface area contributed by atoms with Gasteiger partial charge in [-0.2, -0.15) is 0 Å². The molecule has 3 rings (SSSR count). The van der Waals surface area contributed by atoms with Crippen LogP contribution in [0.1, 0.15) is 17.5 Å². The van der Waals surface area contributed by atoms with Crippen molar-refractivity contribution in [3.05, 3.63) is 65.7 Å². The summed E-state index contributed by atoms with van der Waals surface area (Å²) in [6, 6.07) is 10.5. The molecule has 2 heterocycles. The first-order valence-electron chi connectivity index (χ1n) is 8.31. The van der Waals surface area contributed by atoms with Crippen molar-refractivity contribution in [3.8, 4) is 0 Å². The maximum absolute atomic E-state index is 13.2. The highest BCUT2D eigenvalue weighted by Gasteiger charge is 2.22. The van der Waals surface area contributed by atoms with Crippen LogP contribution >= 0.6 is 0 Å². The third kappa shape index (κ3) is 4.86. The summed E-state index contributed by atoms with van der Waals surface area (Å²) in [6.45, 7) is 3.39. The van der Waals surface area contributed by atoms with E-state index in [4.69, 9.17) is 0 Å². The fourth-order valence-electron chi connectivity index (χ4n) is 3.12. The number of carbonyl (C=O) groups excluding carboxylic acids is 1. The molecule has 1 N–H and O–H groups in total. The number of pyridine rings is 1. The van der Waals surface area contributed by atoms with Crippen LogP contribution in [-0.4, -0.2) is 35.4 Å². The van der Waals surface area contributed by atoms with E-state index >= 15 is 0 Å². The molecule has 0 unspecified atom stereocenters. The molecule has 1 aromatic heterocycles. The molecule has 1 saturated heterocycles. The normalized spacial score (nSPS) is 17.8.